The number of hydrogen-bond donors (Lipinski definition) is 1. The first-order valence-electron chi connectivity index (χ1n) is 12.3. The van der Waals surface area contributed by atoms with Crippen LogP contribution in [-0.2, 0) is 11.3 Å². The number of fused-ring (bicyclic) bond motifs is 1. The van der Waals surface area contributed by atoms with Gasteiger partial charge in [0.15, 0.2) is 0 Å². The van der Waals surface area contributed by atoms with E-state index < -0.39 is 0 Å². The van der Waals surface area contributed by atoms with Gasteiger partial charge in [-0.3, -0.25) is 4.79 Å². The second-order valence-corrected chi connectivity index (χ2v) is 9.45. The van der Waals surface area contributed by atoms with Crippen molar-refractivity contribution in [2.24, 2.45) is 5.92 Å². The Morgan fingerprint density at radius 2 is 1.76 bits per heavy atom. The van der Waals surface area contributed by atoms with E-state index in [9.17, 15) is 9.59 Å². The van der Waals surface area contributed by atoms with Gasteiger partial charge in [0.2, 0.25) is 0 Å². The lowest BCUT2D eigenvalue weighted by Crippen LogP contribution is -2.44. The highest BCUT2D eigenvalue weighted by Crippen LogP contribution is 2.44. The van der Waals surface area contributed by atoms with Crippen molar-refractivity contribution in [3.63, 3.8) is 0 Å². The third-order valence-electron chi connectivity index (χ3n) is 7.50. The van der Waals surface area contributed by atoms with Crippen molar-refractivity contribution in [1.29, 1.82) is 0 Å². The first kappa shape index (κ1) is 22.0. The minimum Gasteiger partial charge on any atom is -0.378 e. The number of morpholine rings is 1. The van der Waals surface area contributed by atoms with Gasteiger partial charge in [0.1, 0.15) is 0 Å². The lowest BCUT2D eigenvalue weighted by molar-refractivity contribution is 0.0303. The molecule has 1 saturated carbocycles. The maximum Gasteiger partial charge on any atom is 0.317 e. The van der Waals surface area contributed by atoms with Gasteiger partial charge in [-0.15, -0.1) is 0 Å². The number of benzene rings is 2. The highest BCUT2D eigenvalue weighted by molar-refractivity contribution is 5.94. The molecule has 2 saturated heterocycles. The van der Waals surface area contributed by atoms with Gasteiger partial charge in [0.25, 0.3) is 5.91 Å². The van der Waals surface area contributed by atoms with Crippen molar-refractivity contribution in [3.8, 4) is 0 Å². The van der Waals surface area contributed by atoms with Gasteiger partial charge in [0, 0.05) is 43.7 Å². The van der Waals surface area contributed by atoms with Gasteiger partial charge in [-0.05, 0) is 42.0 Å². The SMILES string of the molecule is O=C(c1cccc(CNC(=O)N2CC(c3ccccc3)C3CCCCC32)c1)N1CCOCC1. The standard InChI is InChI=1S/C27H33N3O3/c31-26(29-13-15-33-16-14-29)22-10-6-7-20(17-22)18-28-27(32)30-19-24(21-8-2-1-3-9-21)23-11-4-5-12-25(23)30/h1-3,6-10,17,23-25H,4-5,11-16,18-19H2,(H,28,32). The van der Waals surface area contributed by atoms with E-state index in [1.54, 1.807) is 0 Å². The van der Waals surface area contributed by atoms with Crippen LogP contribution in [0.2, 0.25) is 0 Å². The molecule has 2 aromatic rings. The summed E-state index contributed by atoms with van der Waals surface area (Å²) in [5, 5.41) is 3.13. The number of rotatable bonds is 4. The van der Waals surface area contributed by atoms with E-state index in [-0.39, 0.29) is 11.9 Å². The van der Waals surface area contributed by atoms with E-state index in [1.807, 2.05) is 29.2 Å². The normalized spacial score (nSPS) is 24.9. The molecule has 6 nitrogen and oxygen atoms in total. The van der Waals surface area contributed by atoms with E-state index in [1.165, 1.54) is 24.8 Å². The summed E-state index contributed by atoms with van der Waals surface area (Å²) in [6, 6.07) is 18.6. The Hall–Kier alpha value is -2.86. The summed E-state index contributed by atoms with van der Waals surface area (Å²) >= 11 is 0. The molecule has 0 bridgehead atoms. The first-order chi connectivity index (χ1) is 16.2. The third kappa shape index (κ3) is 4.76. The molecule has 2 aliphatic heterocycles. The topological polar surface area (TPSA) is 61.9 Å². The summed E-state index contributed by atoms with van der Waals surface area (Å²) in [5.41, 5.74) is 2.96. The largest absolute Gasteiger partial charge is 0.378 e. The summed E-state index contributed by atoms with van der Waals surface area (Å²) in [7, 11) is 0. The number of carbonyl (C=O) groups is 2. The molecule has 3 unspecified atom stereocenters. The summed E-state index contributed by atoms with van der Waals surface area (Å²) in [5.74, 6) is 0.986. The molecule has 6 heteroatoms. The maximum absolute atomic E-state index is 13.2. The molecule has 33 heavy (non-hydrogen) atoms. The zero-order chi connectivity index (χ0) is 22.6. The molecular weight excluding hydrogens is 414 g/mol. The van der Waals surface area contributed by atoms with Gasteiger partial charge < -0.3 is 19.9 Å². The van der Waals surface area contributed by atoms with Gasteiger partial charge >= 0.3 is 6.03 Å². The fourth-order valence-electron chi connectivity index (χ4n) is 5.81. The molecule has 0 spiro atoms. The third-order valence-corrected chi connectivity index (χ3v) is 7.50. The van der Waals surface area contributed by atoms with Crippen LogP contribution in [0.25, 0.3) is 0 Å². The van der Waals surface area contributed by atoms with E-state index in [0.29, 0.717) is 56.3 Å². The van der Waals surface area contributed by atoms with Crippen molar-refractivity contribution in [3.05, 3.63) is 71.3 Å². The first-order valence-corrected chi connectivity index (χ1v) is 12.3. The monoisotopic (exact) mass is 447 g/mol. The molecule has 3 aliphatic rings. The maximum atomic E-state index is 13.2. The van der Waals surface area contributed by atoms with Crippen LogP contribution in [0.3, 0.4) is 0 Å². The second-order valence-electron chi connectivity index (χ2n) is 9.45. The second kappa shape index (κ2) is 9.96. The van der Waals surface area contributed by atoms with Gasteiger partial charge in [0.05, 0.1) is 13.2 Å². The van der Waals surface area contributed by atoms with Crippen LogP contribution in [0.1, 0.15) is 53.1 Å². The molecule has 2 aromatic carbocycles. The Morgan fingerprint density at radius 1 is 0.970 bits per heavy atom. The van der Waals surface area contributed by atoms with Crippen molar-refractivity contribution in [1.82, 2.24) is 15.1 Å². The van der Waals surface area contributed by atoms with Crippen LogP contribution in [0.15, 0.2) is 54.6 Å². The van der Waals surface area contributed by atoms with Crippen molar-refractivity contribution < 1.29 is 14.3 Å². The lowest BCUT2D eigenvalue weighted by Gasteiger charge is -2.32. The molecule has 0 aromatic heterocycles. The summed E-state index contributed by atoms with van der Waals surface area (Å²) < 4.78 is 5.35. The zero-order valence-corrected chi connectivity index (χ0v) is 19.1. The Morgan fingerprint density at radius 3 is 2.58 bits per heavy atom. The summed E-state index contributed by atoms with van der Waals surface area (Å²) in [4.78, 5) is 29.9. The van der Waals surface area contributed by atoms with Crippen LogP contribution >= 0.6 is 0 Å². The van der Waals surface area contributed by atoms with Gasteiger partial charge in [-0.1, -0.05) is 55.3 Å². The number of nitrogens with one attached hydrogen (secondary N) is 1. The molecule has 174 valence electrons. The number of carbonyl (C=O) groups excluding carboxylic acids is 2. The van der Waals surface area contributed by atoms with Crippen molar-refractivity contribution >= 4 is 11.9 Å². The average molecular weight is 448 g/mol. The molecule has 3 atom stereocenters. The molecule has 0 radical (unpaired) electrons. The molecule has 3 fully saturated rings. The average Bonchev–Trinajstić information content (AvgIpc) is 3.28. The molecule has 1 aliphatic carbocycles. The highest BCUT2D eigenvalue weighted by Gasteiger charge is 2.45. The van der Waals surface area contributed by atoms with Crippen LogP contribution in [-0.4, -0.2) is 60.6 Å². The smallest absolute Gasteiger partial charge is 0.317 e. The zero-order valence-electron chi connectivity index (χ0n) is 19.1. The highest BCUT2D eigenvalue weighted by atomic mass is 16.5. The van der Waals surface area contributed by atoms with Crippen LogP contribution in [0.5, 0.6) is 0 Å². The Balaban J connectivity index is 1.24. The minimum atomic E-state index is 0.00948. The molecule has 3 amide bonds. The summed E-state index contributed by atoms with van der Waals surface area (Å²) in [6.07, 6.45) is 4.73. The molecule has 5 rings (SSSR count). The predicted octanol–water partition coefficient (Wildman–Crippen LogP) is 4.03. The number of ether oxygens (including phenoxy) is 1. The number of nitrogens with zero attached hydrogens (tertiary/aromatic N) is 2. The number of urea groups is 1. The molecule has 1 N–H and O–H groups in total. The predicted molar refractivity (Wildman–Crippen MR) is 127 cm³/mol. The quantitative estimate of drug-likeness (QED) is 0.770. The van der Waals surface area contributed by atoms with E-state index in [0.717, 1.165) is 18.5 Å². The van der Waals surface area contributed by atoms with Crippen LogP contribution in [0.4, 0.5) is 4.79 Å². The van der Waals surface area contributed by atoms with Crippen LogP contribution in [0, 0.1) is 5.92 Å². The van der Waals surface area contributed by atoms with E-state index in [2.05, 4.69) is 40.5 Å². The Labute approximate surface area is 195 Å². The van der Waals surface area contributed by atoms with Crippen molar-refractivity contribution in [2.45, 2.75) is 44.2 Å². The number of hydrogen-bond acceptors (Lipinski definition) is 3. The van der Waals surface area contributed by atoms with Gasteiger partial charge in [-0.2, -0.15) is 0 Å². The minimum absolute atomic E-state index is 0.00948. The lowest BCUT2D eigenvalue weighted by atomic mass is 9.77. The Kier molecular flexibility index (Phi) is 6.63. The van der Waals surface area contributed by atoms with Crippen LogP contribution < -0.4 is 5.32 Å². The summed E-state index contributed by atoms with van der Waals surface area (Å²) in [6.45, 7) is 3.63. The van der Waals surface area contributed by atoms with Crippen molar-refractivity contribution in [2.75, 3.05) is 32.8 Å². The fourth-order valence-corrected chi connectivity index (χ4v) is 5.81. The van der Waals surface area contributed by atoms with E-state index in [4.69, 9.17) is 4.74 Å². The fraction of sp³-hybridized carbons (Fsp3) is 0.481. The van der Waals surface area contributed by atoms with E-state index >= 15 is 0 Å². The molecular formula is C27H33N3O3. The number of amides is 3. The Bertz CT molecular complexity index is 974. The number of likely N-dealkylation sites (tertiary alicyclic amines) is 1. The molecule has 2 heterocycles. The van der Waals surface area contributed by atoms with Gasteiger partial charge in [-0.25, -0.2) is 4.79 Å².